The minimum atomic E-state index is -0.173. The Bertz CT molecular complexity index is 1010. The number of fused-ring (bicyclic) bond motifs is 1. The first kappa shape index (κ1) is 17.8. The summed E-state index contributed by atoms with van der Waals surface area (Å²) in [4.78, 5) is 23.5. The lowest BCUT2D eigenvalue weighted by atomic mass is 10.2. The van der Waals surface area contributed by atoms with Crippen molar-refractivity contribution < 1.29 is 14.3 Å². The molecule has 0 spiro atoms. The molecule has 28 heavy (non-hydrogen) atoms. The number of rotatable bonds is 5. The number of hydrogen-bond acceptors (Lipinski definition) is 6. The van der Waals surface area contributed by atoms with Crippen LogP contribution in [-0.4, -0.2) is 29.2 Å². The molecule has 142 valence electrons. The molecule has 0 unspecified atom stereocenters. The predicted octanol–water partition coefficient (Wildman–Crippen LogP) is 3.92. The highest BCUT2D eigenvalue weighted by molar-refractivity contribution is 6.05. The van der Waals surface area contributed by atoms with E-state index >= 15 is 0 Å². The number of benzene rings is 2. The summed E-state index contributed by atoms with van der Waals surface area (Å²) >= 11 is 0. The number of nitrogens with zero attached hydrogens (tertiary/aromatic N) is 3. The van der Waals surface area contributed by atoms with Crippen LogP contribution in [0.3, 0.4) is 0 Å². The van der Waals surface area contributed by atoms with Gasteiger partial charge < -0.3 is 19.7 Å². The average Bonchev–Trinajstić information content (AvgIpc) is 3.17. The van der Waals surface area contributed by atoms with E-state index in [9.17, 15) is 4.79 Å². The molecular weight excluding hydrogens is 356 g/mol. The zero-order valence-electron chi connectivity index (χ0n) is 15.7. The minimum absolute atomic E-state index is 0.173. The van der Waals surface area contributed by atoms with Crippen molar-refractivity contribution >= 4 is 23.1 Å². The Kier molecular flexibility index (Phi) is 4.80. The molecule has 0 radical (unpaired) electrons. The Labute approximate surface area is 163 Å². The van der Waals surface area contributed by atoms with E-state index in [1.807, 2.05) is 55.5 Å². The molecule has 0 fully saturated rings. The van der Waals surface area contributed by atoms with Crippen LogP contribution in [0.2, 0.25) is 0 Å². The van der Waals surface area contributed by atoms with Gasteiger partial charge in [0.2, 0.25) is 6.79 Å². The highest BCUT2D eigenvalue weighted by atomic mass is 16.7. The van der Waals surface area contributed by atoms with Crippen molar-refractivity contribution in [3.05, 3.63) is 66.1 Å². The maximum atomic E-state index is 13.1. The fraction of sp³-hybridized carbons (Fsp3) is 0.190. The third-order valence-corrected chi connectivity index (χ3v) is 4.33. The zero-order chi connectivity index (χ0) is 19.5. The lowest BCUT2D eigenvalue weighted by molar-refractivity contribution is 0.0983. The van der Waals surface area contributed by atoms with Crippen LogP contribution in [-0.2, 0) is 0 Å². The quantitative estimate of drug-likeness (QED) is 0.727. The monoisotopic (exact) mass is 376 g/mol. The summed E-state index contributed by atoms with van der Waals surface area (Å²) in [6.07, 6.45) is 0. The molecule has 1 aliphatic heterocycles. The molecule has 7 heteroatoms. The standard InChI is InChI=1S/C21H20N4O3/c1-3-25(16-7-5-4-6-8-16)21(26)17-12-20(23-14(2)22-17)24-15-9-10-18-19(11-15)28-13-27-18/h4-12H,3,13H2,1-2H3,(H,22,23,24). The highest BCUT2D eigenvalue weighted by Crippen LogP contribution is 2.35. The van der Waals surface area contributed by atoms with E-state index in [-0.39, 0.29) is 12.7 Å². The number of hydrogen-bond donors (Lipinski definition) is 1. The number of nitrogens with one attached hydrogen (secondary N) is 1. The molecule has 3 aromatic rings. The summed E-state index contributed by atoms with van der Waals surface area (Å²) in [5, 5.41) is 3.21. The molecule has 0 saturated carbocycles. The Morgan fingerprint density at radius 3 is 2.64 bits per heavy atom. The topological polar surface area (TPSA) is 76.6 Å². The van der Waals surface area contributed by atoms with E-state index in [1.54, 1.807) is 17.9 Å². The number of carbonyl (C=O) groups is 1. The van der Waals surface area contributed by atoms with Gasteiger partial charge in [-0.1, -0.05) is 18.2 Å². The van der Waals surface area contributed by atoms with Crippen molar-refractivity contribution in [3.8, 4) is 11.5 Å². The number of para-hydroxylation sites is 1. The van der Waals surface area contributed by atoms with Crippen LogP contribution in [0.5, 0.6) is 11.5 Å². The van der Waals surface area contributed by atoms with Gasteiger partial charge in [-0.25, -0.2) is 9.97 Å². The molecule has 0 bridgehead atoms. The lowest BCUT2D eigenvalue weighted by Crippen LogP contribution is -2.31. The van der Waals surface area contributed by atoms with Crippen molar-refractivity contribution in [2.24, 2.45) is 0 Å². The maximum Gasteiger partial charge on any atom is 0.277 e. The summed E-state index contributed by atoms with van der Waals surface area (Å²) in [5.41, 5.74) is 1.95. The molecule has 0 saturated heterocycles. The summed E-state index contributed by atoms with van der Waals surface area (Å²) < 4.78 is 10.7. The van der Waals surface area contributed by atoms with Crippen molar-refractivity contribution in [3.63, 3.8) is 0 Å². The molecule has 4 rings (SSSR count). The number of ether oxygens (including phenoxy) is 2. The van der Waals surface area contributed by atoms with Crippen LogP contribution in [0.25, 0.3) is 0 Å². The molecule has 0 aliphatic carbocycles. The Morgan fingerprint density at radius 2 is 1.86 bits per heavy atom. The van der Waals surface area contributed by atoms with E-state index in [2.05, 4.69) is 15.3 Å². The second-order valence-corrected chi connectivity index (χ2v) is 6.26. The first-order valence-corrected chi connectivity index (χ1v) is 9.03. The molecular formula is C21H20N4O3. The molecule has 2 aromatic carbocycles. The molecule has 2 heterocycles. The molecule has 1 N–H and O–H groups in total. The van der Waals surface area contributed by atoms with E-state index in [0.29, 0.717) is 35.4 Å². The van der Waals surface area contributed by atoms with Crippen molar-refractivity contribution in [1.29, 1.82) is 0 Å². The minimum Gasteiger partial charge on any atom is -0.454 e. The Morgan fingerprint density at radius 1 is 1.07 bits per heavy atom. The number of aromatic nitrogens is 2. The molecule has 1 aromatic heterocycles. The van der Waals surface area contributed by atoms with Gasteiger partial charge >= 0.3 is 0 Å². The summed E-state index contributed by atoms with van der Waals surface area (Å²) in [6, 6.07) is 16.7. The molecule has 1 amide bonds. The number of carbonyl (C=O) groups excluding carboxylic acids is 1. The zero-order valence-corrected chi connectivity index (χ0v) is 15.7. The van der Waals surface area contributed by atoms with Crippen LogP contribution in [0, 0.1) is 6.92 Å². The highest BCUT2D eigenvalue weighted by Gasteiger charge is 2.19. The number of anilines is 3. The second kappa shape index (κ2) is 7.56. The largest absolute Gasteiger partial charge is 0.454 e. The second-order valence-electron chi connectivity index (χ2n) is 6.26. The van der Waals surface area contributed by atoms with Crippen molar-refractivity contribution in [2.75, 3.05) is 23.6 Å². The van der Waals surface area contributed by atoms with Gasteiger partial charge in [0.1, 0.15) is 17.3 Å². The van der Waals surface area contributed by atoms with Gasteiger partial charge in [0.15, 0.2) is 11.5 Å². The van der Waals surface area contributed by atoms with Gasteiger partial charge in [-0.15, -0.1) is 0 Å². The average molecular weight is 376 g/mol. The predicted molar refractivity (Wildman–Crippen MR) is 106 cm³/mol. The first-order valence-electron chi connectivity index (χ1n) is 9.03. The normalized spacial score (nSPS) is 11.9. The SMILES string of the molecule is CCN(C(=O)c1cc(Nc2ccc3c(c2)OCO3)nc(C)n1)c1ccccc1. The van der Waals surface area contributed by atoms with Gasteiger partial charge in [0, 0.05) is 30.1 Å². The van der Waals surface area contributed by atoms with Gasteiger partial charge in [-0.05, 0) is 38.1 Å². The fourth-order valence-electron chi connectivity index (χ4n) is 3.05. The first-order chi connectivity index (χ1) is 13.6. The van der Waals surface area contributed by atoms with Crippen LogP contribution in [0.4, 0.5) is 17.2 Å². The van der Waals surface area contributed by atoms with Gasteiger partial charge in [0.05, 0.1) is 0 Å². The van der Waals surface area contributed by atoms with Crippen LogP contribution < -0.4 is 19.7 Å². The lowest BCUT2D eigenvalue weighted by Gasteiger charge is -2.21. The van der Waals surface area contributed by atoms with E-state index < -0.39 is 0 Å². The van der Waals surface area contributed by atoms with E-state index in [0.717, 1.165) is 11.4 Å². The maximum absolute atomic E-state index is 13.1. The van der Waals surface area contributed by atoms with Crippen molar-refractivity contribution in [1.82, 2.24) is 9.97 Å². The van der Waals surface area contributed by atoms with E-state index in [1.165, 1.54) is 0 Å². The van der Waals surface area contributed by atoms with Crippen LogP contribution >= 0.6 is 0 Å². The van der Waals surface area contributed by atoms with Crippen LogP contribution in [0.15, 0.2) is 54.6 Å². The third-order valence-electron chi connectivity index (χ3n) is 4.33. The van der Waals surface area contributed by atoms with E-state index in [4.69, 9.17) is 9.47 Å². The third kappa shape index (κ3) is 3.59. The smallest absolute Gasteiger partial charge is 0.277 e. The van der Waals surface area contributed by atoms with Crippen molar-refractivity contribution in [2.45, 2.75) is 13.8 Å². The fourth-order valence-corrected chi connectivity index (χ4v) is 3.05. The summed E-state index contributed by atoms with van der Waals surface area (Å²) in [6.45, 7) is 4.46. The molecule has 0 atom stereocenters. The Hall–Kier alpha value is -3.61. The summed E-state index contributed by atoms with van der Waals surface area (Å²) in [7, 11) is 0. The molecule has 1 aliphatic rings. The summed E-state index contributed by atoms with van der Waals surface area (Å²) in [5.74, 6) is 2.26. The Balaban J connectivity index is 1.60. The number of amides is 1. The van der Waals surface area contributed by atoms with Gasteiger partial charge in [-0.2, -0.15) is 0 Å². The van der Waals surface area contributed by atoms with Gasteiger partial charge in [0.25, 0.3) is 5.91 Å². The number of aryl methyl sites for hydroxylation is 1. The molecule has 7 nitrogen and oxygen atoms in total. The van der Waals surface area contributed by atoms with Gasteiger partial charge in [-0.3, -0.25) is 4.79 Å². The van der Waals surface area contributed by atoms with Crippen LogP contribution in [0.1, 0.15) is 23.2 Å².